The van der Waals surface area contributed by atoms with Gasteiger partial charge in [0.1, 0.15) is 29.7 Å². The van der Waals surface area contributed by atoms with Crippen molar-refractivity contribution in [2.45, 2.75) is 24.9 Å². The summed E-state index contributed by atoms with van der Waals surface area (Å²) in [5.74, 6) is -13.2. The van der Waals surface area contributed by atoms with Crippen molar-refractivity contribution in [1.29, 1.82) is 0 Å². The number of urea groups is 1. The molecule has 2 aliphatic rings. The summed E-state index contributed by atoms with van der Waals surface area (Å²) in [7, 11) is -1.98. The van der Waals surface area contributed by atoms with Crippen molar-refractivity contribution in [1.82, 2.24) is 30.7 Å². The number of carbonyl (C=O) groups excluding carboxylic acids is 5. The SMILES string of the molecule is O=C(CN1CCN(C(=O)N[C@@H](C(=O)N[C@H]2Cc3ccc(F)c(C(=O)O)c3OB2O)c2cc(F)c(O)c(O)c2Cl)C(=O)C1=O)NCc1ccncc1. The summed E-state index contributed by atoms with van der Waals surface area (Å²) in [4.78, 5) is 82.1. The molecule has 0 radical (unpaired) electrons. The molecular weight excluding hydrogens is 705 g/mol. The first-order chi connectivity index (χ1) is 24.2. The molecule has 0 bridgehead atoms. The number of aromatic nitrogens is 1. The van der Waals surface area contributed by atoms with E-state index < -0.39 is 113 Å². The van der Waals surface area contributed by atoms with Gasteiger partial charge in [0, 0.05) is 37.6 Å². The van der Waals surface area contributed by atoms with Gasteiger partial charge in [0.05, 0.1) is 11.0 Å². The third-order valence-corrected chi connectivity index (χ3v) is 8.31. The van der Waals surface area contributed by atoms with Crippen molar-refractivity contribution in [3.8, 4) is 17.2 Å². The van der Waals surface area contributed by atoms with Gasteiger partial charge in [-0.2, -0.15) is 0 Å². The van der Waals surface area contributed by atoms with E-state index in [1.807, 2.05) is 0 Å². The maximum atomic E-state index is 14.6. The van der Waals surface area contributed by atoms with Gasteiger partial charge in [0.15, 0.2) is 17.3 Å². The van der Waals surface area contributed by atoms with Crippen LogP contribution in [0.1, 0.15) is 33.1 Å². The summed E-state index contributed by atoms with van der Waals surface area (Å²) in [5, 5.41) is 46.2. The first-order valence-corrected chi connectivity index (χ1v) is 15.2. The van der Waals surface area contributed by atoms with E-state index >= 15 is 0 Å². The molecule has 266 valence electrons. The Morgan fingerprint density at radius 1 is 1.04 bits per heavy atom. The normalized spacial score (nSPS) is 16.2. The molecule has 2 aromatic carbocycles. The number of nitrogens with one attached hydrogen (secondary N) is 3. The predicted octanol–water partition coefficient (Wildman–Crippen LogP) is 0.000100. The highest BCUT2D eigenvalue weighted by Crippen LogP contribution is 2.40. The van der Waals surface area contributed by atoms with Crippen LogP contribution in [0.2, 0.25) is 5.02 Å². The highest BCUT2D eigenvalue weighted by atomic mass is 35.5. The van der Waals surface area contributed by atoms with Crippen molar-refractivity contribution < 1.29 is 62.5 Å². The van der Waals surface area contributed by atoms with Crippen molar-refractivity contribution in [2.75, 3.05) is 19.6 Å². The van der Waals surface area contributed by atoms with Crippen molar-refractivity contribution >= 4 is 54.3 Å². The lowest BCUT2D eigenvalue weighted by Gasteiger charge is -2.33. The van der Waals surface area contributed by atoms with Crippen molar-refractivity contribution in [3.63, 3.8) is 0 Å². The van der Waals surface area contributed by atoms with Crippen LogP contribution in [0.25, 0.3) is 0 Å². The smallest absolute Gasteiger partial charge is 0.534 e. The Bertz CT molecular complexity index is 1940. The summed E-state index contributed by atoms with van der Waals surface area (Å²) < 4.78 is 34.0. The number of rotatable bonds is 9. The van der Waals surface area contributed by atoms with E-state index in [4.69, 9.17) is 16.3 Å². The number of aromatic hydroxyl groups is 2. The number of amides is 6. The number of fused-ring (bicyclic) bond motifs is 1. The number of nitrogens with zero attached hydrogens (tertiary/aromatic N) is 3. The lowest BCUT2D eigenvalue weighted by molar-refractivity contribution is -0.154. The fraction of sp³-hybridized carbons (Fsp3) is 0.233. The molecule has 0 spiro atoms. The molecule has 2 atom stereocenters. The number of carboxylic acids is 1. The zero-order valence-corrected chi connectivity index (χ0v) is 26.7. The average Bonchev–Trinajstić information content (AvgIpc) is 3.09. The van der Waals surface area contributed by atoms with E-state index in [9.17, 15) is 57.9 Å². The summed E-state index contributed by atoms with van der Waals surface area (Å²) in [6, 6.07) is 2.35. The van der Waals surface area contributed by atoms with E-state index in [1.165, 1.54) is 12.4 Å². The number of phenolic OH excluding ortho intramolecular Hbond substituents is 2. The molecule has 3 aromatic rings. The number of carboxylic acid groups (broad SMARTS) is 1. The van der Waals surface area contributed by atoms with Crippen LogP contribution in [-0.2, 0) is 32.1 Å². The van der Waals surface area contributed by atoms with Crippen LogP contribution >= 0.6 is 11.6 Å². The second-order valence-electron chi connectivity index (χ2n) is 11.2. The third-order valence-electron chi connectivity index (χ3n) is 7.92. The molecule has 3 heterocycles. The minimum atomic E-state index is -2.08. The fourth-order valence-corrected chi connectivity index (χ4v) is 5.55. The van der Waals surface area contributed by atoms with Gasteiger partial charge in [0.2, 0.25) is 11.8 Å². The molecule has 1 saturated heterocycles. The van der Waals surface area contributed by atoms with Crippen LogP contribution in [0, 0.1) is 11.6 Å². The first-order valence-electron chi connectivity index (χ1n) is 14.8. The van der Waals surface area contributed by atoms with Gasteiger partial charge in [-0.25, -0.2) is 18.4 Å². The van der Waals surface area contributed by atoms with E-state index in [-0.39, 0.29) is 25.1 Å². The Labute approximate surface area is 290 Å². The highest BCUT2D eigenvalue weighted by molar-refractivity contribution is 6.47. The summed E-state index contributed by atoms with van der Waals surface area (Å²) >= 11 is 6.11. The summed E-state index contributed by atoms with van der Waals surface area (Å²) in [5.41, 5.74) is -0.723. The molecule has 1 fully saturated rings. The number of hydrogen-bond donors (Lipinski definition) is 7. The second-order valence-corrected chi connectivity index (χ2v) is 11.6. The second kappa shape index (κ2) is 14.8. The quantitative estimate of drug-likeness (QED) is 0.0874. The van der Waals surface area contributed by atoms with Gasteiger partial charge in [-0.05, 0) is 41.8 Å². The van der Waals surface area contributed by atoms with Crippen LogP contribution in [0.5, 0.6) is 17.2 Å². The Hall–Kier alpha value is -6.02. The Kier molecular flexibility index (Phi) is 10.6. The van der Waals surface area contributed by atoms with Gasteiger partial charge in [-0.15, -0.1) is 0 Å². The lowest BCUT2D eigenvalue weighted by atomic mass is 9.72. The lowest BCUT2D eigenvalue weighted by Crippen LogP contribution is -2.61. The average molecular weight is 731 g/mol. The van der Waals surface area contributed by atoms with Crippen LogP contribution in [0.15, 0.2) is 42.7 Å². The molecule has 21 heteroatoms. The zero-order valence-electron chi connectivity index (χ0n) is 25.9. The highest BCUT2D eigenvalue weighted by Gasteiger charge is 2.42. The fourth-order valence-electron chi connectivity index (χ4n) is 5.29. The van der Waals surface area contributed by atoms with Gasteiger partial charge in [-0.3, -0.25) is 29.1 Å². The molecule has 51 heavy (non-hydrogen) atoms. The molecular formula is C30H26BClF2N6O11. The van der Waals surface area contributed by atoms with Crippen molar-refractivity contribution in [3.05, 3.63) is 81.6 Å². The number of hydrogen-bond acceptors (Lipinski definition) is 11. The Morgan fingerprint density at radius 2 is 1.75 bits per heavy atom. The maximum Gasteiger partial charge on any atom is 0.547 e. The van der Waals surface area contributed by atoms with Gasteiger partial charge in [-0.1, -0.05) is 17.7 Å². The maximum absolute atomic E-state index is 14.6. The number of piperazine rings is 1. The van der Waals surface area contributed by atoms with E-state index in [0.717, 1.165) is 22.6 Å². The largest absolute Gasteiger partial charge is 0.547 e. The molecule has 7 N–H and O–H groups in total. The number of aromatic carboxylic acids is 1. The number of phenols is 2. The first kappa shape index (κ1) is 36.3. The topological polar surface area (TPSA) is 248 Å². The molecule has 0 unspecified atom stereocenters. The van der Waals surface area contributed by atoms with Crippen molar-refractivity contribution in [2.24, 2.45) is 0 Å². The van der Waals surface area contributed by atoms with E-state index in [0.29, 0.717) is 11.0 Å². The van der Waals surface area contributed by atoms with E-state index in [1.54, 1.807) is 12.1 Å². The Balaban J connectivity index is 1.33. The third kappa shape index (κ3) is 7.60. The molecule has 2 aliphatic heterocycles. The van der Waals surface area contributed by atoms with Gasteiger partial charge in [0.25, 0.3) is 0 Å². The number of carbonyl (C=O) groups is 6. The Morgan fingerprint density at radius 3 is 2.43 bits per heavy atom. The molecule has 5 rings (SSSR count). The number of halogens is 3. The summed E-state index contributed by atoms with van der Waals surface area (Å²) in [6.45, 7) is -1.16. The minimum absolute atomic E-state index is 0.0596. The minimum Gasteiger partial charge on any atom is -0.534 e. The molecule has 1 aromatic heterocycles. The van der Waals surface area contributed by atoms with Gasteiger partial charge < -0.3 is 45.8 Å². The van der Waals surface area contributed by atoms with Crippen LogP contribution in [0.3, 0.4) is 0 Å². The standard InChI is InChI=1S/C30H26BClF2N6O11/c32-21-15(10-17(34)23(42)24(21)43)22(26(44)37-18-9-14-1-2-16(33)20(29(47)48)25(14)51-31(18)50)38-30(49)40-8-7-39(27(45)28(40)46)12-19(41)36-11-13-3-5-35-6-4-13/h1-6,10,18,22,42-43,50H,7-9,11-12H2,(H,36,41)(H,37,44)(H,38,49)(H,47,48)/t18-,22+/m0/s1. The predicted molar refractivity (Wildman–Crippen MR) is 168 cm³/mol. The summed E-state index contributed by atoms with van der Waals surface area (Å²) in [6.07, 6.45) is 2.70. The van der Waals surface area contributed by atoms with Crippen LogP contribution in [0.4, 0.5) is 13.6 Å². The van der Waals surface area contributed by atoms with E-state index in [2.05, 4.69) is 20.9 Å². The zero-order chi connectivity index (χ0) is 37.1. The monoisotopic (exact) mass is 730 g/mol. The van der Waals surface area contributed by atoms with Gasteiger partial charge >= 0.3 is 30.9 Å². The molecule has 17 nitrogen and oxygen atoms in total. The molecule has 6 amide bonds. The number of pyridine rings is 1. The van der Waals surface area contributed by atoms with Crippen LogP contribution < -0.4 is 20.6 Å². The molecule has 0 saturated carbocycles. The molecule has 0 aliphatic carbocycles. The number of imide groups is 1. The van der Waals surface area contributed by atoms with Crippen LogP contribution in [-0.4, -0.2) is 103 Å². The number of benzene rings is 2.